The van der Waals surface area contributed by atoms with E-state index in [1.807, 2.05) is 25.4 Å². The van der Waals surface area contributed by atoms with Crippen molar-refractivity contribution < 1.29 is 4.79 Å². The van der Waals surface area contributed by atoms with Crippen molar-refractivity contribution >= 4 is 44.9 Å². The smallest absolute Gasteiger partial charge is 0.232 e. The molecule has 0 spiro atoms. The molecule has 0 unspecified atom stereocenters. The Labute approximate surface area is 101 Å². The van der Waals surface area contributed by atoms with Gasteiger partial charge in [-0.25, -0.2) is 0 Å². The third-order valence-electron chi connectivity index (χ3n) is 1.72. The molecule has 1 heterocycles. The van der Waals surface area contributed by atoms with Crippen molar-refractivity contribution in [2.45, 2.75) is 6.54 Å². The highest BCUT2D eigenvalue weighted by Crippen LogP contribution is 2.23. The molecular formula is C9H12BrNOS2. The fraction of sp³-hybridized carbons (Fsp3) is 0.444. The summed E-state index contributed by atoms with van der Waals surface area (Å²) in [6, 6.07) is 4.05. The van der Waals surface area contributed by atoms with Gasteiger partial charge in [-0.1, -0.05) is 0 Å². The van der Waals surface area contributed by atoms with Crippen LogP contribution < -0.4 is 0 Å². The fourth-order valence-electron chi connectivity index (χ4n) is 0.992. The highest BCUT2D eigenvalue weighted by Gasteiger charge is 2.09. The van der Waals surface area contributed by atoms with E-state index >= 15 is 0 Å². The second-order valence-corrected chi connectivity index (χ2v) is 6.30. The van der Waals surface area contributed by atoms with Crippen molar-refractivity contribution in [2.24, 2.45) is 0 Å². The van der Waals surface area contributed by atoms with E-state index in [9.17, 15) is 4.79 Å². The third kappa shape index (κ3) is 3.63. The van der Waals surface area contributed by atoms with Gasteiger partial charge in [-0.15, -0.1) is 11.3 Å². The Hall–Kier alpha value is -0.0000000000000000833. The molecule has 2 nitrogen and oxygen atoms in total. The Morgan fingerprint density at radius 3 is 2.86 bits per heavy atom. The summed E-state index contributed by atoms with van der Waals surface area (Å²) in [5.74, 6) is 0.741. The van der Waals surface area contributed by atoms with Gasteiger partial charge in [-0.2, -0.15) is 11.8 Å². The average molecular weight is 294 g/mol. The summed E-state index contributed by atoms with van der Waals surface area (Å²) in [6.45, 7) is 0.704. The first-order valence-electron chi connectivity index (χ1n) is 4.10. The summed E-state index contributed by atoms with van der Waals surface area (Å²) in [6.07, 6.45) is 1.94. The predicted octanol–water partition coefficient (Wildman–Crippen LogP) is 2.83. The molecule has 1 aromatic rings. The topological polar surface area (TPSA) is 20.3 Å². The Balaban J connectivity index is 2.48. The van der Waals surface area contributed by atoms with Crippen molar-refractivity contribution in [2.75, 3.05) is 19.1 Å². The summed E-state index contributed by atoms with van der Waals surface area (Å²) in [5.41, 5.74) is 0. The Kier molecular flexibility index (Phi) is 4.98. The van der Waals surface area contributed by atoms with Crippen LogP contribution in [0.2, 0.25) is 0 Å². The molecule has 14 heavy (non-hydrogen) atoms. The lowest BCUT2D eigenvalue weighted by Gasteiger charge is -2.15. The Bertz CT molecular complexity index is 314. The SMILES string of the molecule is CSCC(=O)N(C)Cc1ccc(Br)s1. The number of carbonyl (C=O) groups is 1. The number of hydrogen-bond acceptors (Lipinski definition) is 3. The maximum atomic E-state index is 11.5. The number of amides is 1. The maximum Gasteiger partial charge on any atom is 0.232 e. The maximum absolute atomic E-state index is 11.5. The quantitative estimate of drug-likeness (QED) is 0.851. The molecule has 5 heteroatoms. The van der Waals surface area contributed by atoms with Crippen molar-refractivity contribution in [3.63, 3.8) is 0 Å². The lowest BCUT2D eigenvalue weighted by molar-refractivity contribution is -0.127. The summed E-state index contributed by atoms with van der Waals surface area (Å²) in [5, 5.41) is 0. The van der Waals surface area contributed by atoms with Crippen molar-refractivity contribution in [1.82, 2.24) is 4.90 Å². The number of halogens is 1. The Morgan fingerprint density at radius 1 is 1.64 bits per heavy atom. The number of hydrogen-bond donors (Lipinski definition) is 0. The minimum atomic E-state index is 0.182. The first kappa shape index (κ1) is 12.1. The van der Waals surface area contributed by atoms with Gasteiger partial charge >= 0.3 is 0 Å². The van der Waals surface area contributed by atoms with E-state index in [-0.39, 0.29) is 5.91 Å². The van der Waals surface area contributed by atoms with Gasteiger partial charge in [0, 0.05) is 11.9 Å². The summed E-state index contributed by atoms with van der Waals surface area (Å²) in [4.78, 5) is 14.4. The first-order valence-corrected chi connectivity index (χ1v) is 7.11. The van der Waals surface area contributed by atoms with E-state index in [1.54, 1.807) is 28.0 Å². The number of thiophene rings is 1. The molecule has 0 atom stereocenters. The van der Waals surface area contributed by atoms with Crippen LogP contribution >= 0.6 is 39.0 Å². The zero-order chi connectivity index (χ0) is 10.6. The number of rotatable bonds is 4. The minimum Gasteiger partial charge on any atom is -0.340 e. The van der Waals surface area contributed by atoms with E-state index in [0.717, 1.165) is 3.79 Å². The van der Waals surface area contributed by atoms with Crippen molar-refractivity contribution in [1.29, 1.82) is 0 Å². The first-order chi connectivity index (χ1) is 6.63. The number of carbonyl (C=O) groups excluding carboxylic acids is 1. The molecule has 0 aliphatic heterocycles. The van der Waals surface area contributed by atoms with Crippen molar-refractivity contribution in [3.8, 4) is 0 Å². The second kappa shape index (κ2) is 5.78. The molecule has 0 aliphatic rings. The van der Waals surface area contributed by atoms with Crippen LogP contribution in [0.1, 0.15) is 4.88 Å². The standard InChI is InChI=1S/C9H12BrNOS2/c1-11(9(12)6-13-2)5-7-3-4-8(10)14-7/h3-4H,5-6H2,1-2H3. The van der Waals surface area contributed by atoms with Crippen molar-refractivity contribution in [3.05, 3.63) is 20.8 Å². The molecule has 0 aliphatic carbocycles. The molecule has 0 fully saturated rings. The lowest BCUT2D eigenvalue weighted by atomic mass is 10.4. The zero-order valence-electron chi connectivity index (χ0n) is 8.12. The molecule has 0 saturated heterocycles. The Morgan fingerprint density at radius 2 is 2.36 bits per heavy atom. The molecule has 1 rings (SSSR count). The van der Waals surface area contributed by atoms with Crippen LogP contribution in [-0.2, 0) is 11.3 Å². The predicted molar refractivity (Wildman–Crippen MR) is 66.9 cm³/mol. The third-order valence-corrected chi connectivity index (χ3v) is 3.86. The molecule has 0 bridgehead atoms. The molecule has 0 saturated carbocycles. The molecule has 0 N–H and O–H groups in total. The van der Waals surface area contributed by atoms with Crippen LogP contribution in [0.25, 0.3) is 0 Å². The van der Waals surface area contributed by atoms with Gasteiger partial charge in [0.1, 0.15) is 0 Å². The molecule has 1 amide bonds. The fourth-order valence-corrected chi connectivity index (χ4v) is 3.00. The largest absolute Gasteiger partial charge is 0.340 e. The van der Waals surface area contributed by atoms with Gasteiger partial charge in [0.25, 0.3) is 0 Å². The van der Waals surface area contributed by atoms with Crippen LogP contribution in [0.5, 0.6) is 0 Å². The van der Waals surface area contributed by atoms with Gasteiger partial charge in [-0.05, 0) is 34.3 Å². The minimum absolute atomic E-state index is 0.182. The summed E-state index contributed by atoms with van der Waals surface area (Å²) >= 11 is 6.63. The van der Waals surface area contributed by atoms with E-state index < -0.39 is 0 Å². The van der Waals surface area contributed by atoms with E-state index in [1.165, 1.54) is 4.88 Å². The molecule has 0 aromatic carbocycles. The van der Waals surface area contributed by atoms with E-state index in [0.29, 0.717) is 12.3 Å². The molecule has 78 valence electrons. The molecule has 1 aromatic heterocycles. The monoisotopic (exact) mass is 293 g/mol. The highest BCUT2D eigenvalue weighted by atomic mass is 79.9. The van der Waals surface area contributed by atoms with Crippen LogP contribution in [-0.4, -0.2) is 29.9 Å². The zero-order valence-corrected chi connectivity index (χ0v) is 11.3. The number of nitrogens with zero attached hydrogens (tertiary/aromatic N) is 1. The second-order valence-electron chi connectivity index (χ2n) is 2.89. The van der Waals surface area contributed by atoms with Crippen LogP contribution in [0.3, 0.4) is 0 Å². The summed E-state index contributed by atoms with van der Waals surface area (Å²) in [7, 11) is 1.84. The summed E-state index contributed by atoms with van der Waals surface area (Å²) < 4.78 is 1.11. The lowest BCUT2D eigenvalue weighted by Crippen LogP contribution is -2.27. The molecular weight excluding hydrogens is 282 g/mol. The normalized spacial score (nSPS) is 10.2. The van der Waals surface area contributed by atoms with Gasteiger partial charge in [0.2, 0.25) is 5.91 Å². The van der Waals surface area contributed by atoms with Crippen LogP contribution in [0, 0.1) is 0 Å². The van der Waals surface area contributed by atoms with Crippen LogP contribution in [0.4, 0.5) is 0 Å². The van der Waals surface area contributed by atoms with Gasteiger partial charge in [0.15, 0.2) is 0 Å². The number of thioether (sulfide) groups is 1. The molecule has 0 radical (unpaired) electrons. The van der Waals surface area contributed by atoms with Gasteiger partial charge in [-0.3, -0.25) is 4.79 Å². The van der Waals surface area contributed by atoms with E-state index in [2.05, 4.69) is 15.9 Å². The van der Waals surface area contributed by atoms with Gasteiger partial charge < -0.3 is 4.90 Å². The van der Waals surface area contributed by atoms with E-state index in [4.69, 9.17) is 0 Å². The average Bonchev–Trinajstić information content (AvgIpc) is 2.51. The van der Waals surface area contributed by atoms with Gasteiger partial charge in [0.05, 0.1) is 16.1 Å². The highest BCUT2D eigenvalue weighted by molar-refractivity contribution is 9.11. The van der Waals surface area contributed by atoms with Crippen LogP contribution in [0.15, 0.2) is 15.9 Å².